The standard InChI is InChI=1S/C20H26N2O6S.C20H26N2O5S/c1-27-18-6-8-20(9-7-18)29(25,26)22-12-10-21(11-13-22)14-17(24)15-28-19-4-2-16(23)3-5-19;1-26-18-7-9-20(10-8-18)28(24,25)22-13-11-21(12-14-22)15-17(23)16-27-19-5-3-2-4-6-19/h2-9,17,23-24H,10-15H2,1H3;2-10,17,23H,11-16H2,1H3/t2*17-/m00/s1. The predicted molar refractivity (Wildman–Crippen MR) is 214 cm³/mol. The maximum atomic E-state index is 12.8. The molecule has 57 heavy (non-hydrogen) atoms. The van der Waals surface area contributed by atoms with Crippen molar-refractivity contribution in [1.82, 2.24) is 18.4 Å². The summed E-state index contributed by atoms with van der Waals surface area (Å²) in [5.41, 5.74) is 0. The first-order valence-electron chi connectivity index (χ1n) is 18.6. The monoisotopic (exact) mass is 828 g/mol. The first-order chi connectivity index (χ1) is 27.4. The zero-order chi connectivity index (χ0) is 40.8. The van der Waals surface area contributed by atoms with E-state index in [1.54, 1.807) is 67.8 Å². The number of para-hydroxylation sites is 1. The molecule has 2 saturated heterocycles. The van der Waals surface area contributed by atoms with Crippen LogP contribution in [-0.2, 0) is 20.0 Å². The molecule has 310 valence electrons. The SMILES string of the molecule is COc1ccc(S(=O)(=O)N2CCN(C[C@H](O)COc3ccc(O)cc3)CC2)cc1.COc1ccc(S(=O)(=O)N2CCN(C[C@H](O)COc3ccccc3)CC2)cc1. The maximum absolute atomic E-state index is 12.8. The molecule has 0 spiro atoms. The fraction of sp³-hybridized carbons (Fsp3) is 0.400. The number of β-amino-alcohol motifs (C(OH)–C–C–N with tert-alkyl or cyclic N) is 2. The van der Waals surface area contributed by atoms with Gasteiger partial charge in [-0.05, 0) is 84.9 Å². The van der Waals surface area contributed by atoms with E-state index in [2.05, 4.69) is 4.90 Å². The highest BCUT2D eigenvalue weighted by Gasteiger charge is 2.30. The van der Waals surface area contributed by atoms with Gasteiger partial charge in [-0.25, -0.2) is 16.8 Å². The molecule has 4 aromatic rings. The molecule has 2 fully saturated rings. The Bertz CT molecular complexity index is 2010. The largest absolute Gasteiger partial charge is 0.508 e. The molecule has 2 aliphatic rings. The molecule has 15 nitrogen and oxygen atoms in total. The Balaban J connectivity index is 0.000000218. The van der Waals surface area contributed by atoms with Crippen LogP contribution in [0.25, 0.3) is 0 Å². The van der Waals surface area contributed by atoms with E-state index < -0.39 is 32.3 Å². The second-order valence-electron chi connectivity index (χ2n) is 13.5. The summed E-state index contributed by atoms with van der Waals surface area (Å²) in [5, 5.41) is 29.7. The summed E-state index contributed by atoms with van der Waals surface area (Å²) in [5.74, 6) is 2.67. The Morgan fingerprint density at radius 3 is 1.23 bits per heavy atom. The molecule has 4 aromatic carbocycles. The highest BCUT2D eigenvalue weighted by Crippen LogP contribution is 2.23. The Morgan fingerprint density at radius 1 is 0.509 bits per heavy atom. The number of rotatable bonds is 16. The molecule has 2 aliphatic heterocycles. The van der Waals surface area contributed by atoms with Gasteiger partial charge in [0.15, 0.2) is 0 Å². The Kier molecular flexibility index (Phi) is 15.9. The van der Waals surface area contributed by atoms with Crippen LogP contribution in [0, 0.1) is 0 Å². The van der Waals surface area contributed by atoms with Crippen LogP contribution in [0.4, 0.5) is 0 Å². The number of ether oxygens (including phenoxy) is 4. The van der Waals surface area contributed by atoms with Gasteiger partial charge in [0.05, 0.1) is 24.0 Å². The topological polar surface area (TPSA) is 179 Å². The van der Waals surface area contributed by atoms with Gasteiger partial charge >= 0.3 is 0 Å². The van der Waals surface area contributed by atoms with Gasteiger partial charge in [-0.15, -0.1) is 0 Å². The van der Waals surface area contributed by atoms with Gasteiger partial charge in [0.2, 0.25) is 20.0 Å². The van der Waals surface area contributed by atoms with Gasteiger partial charge in [0.1, 0.15) is 54.2 Å². The number of methoxy groups -OCH3 is 2. The molecular weight excluding hydrogens is 777 g/mol. The van der Waals surface area contributed by atoms with E-state index in [9.17, 15) is 32.2 Å². The quantitative estimate of drug-likeness (QED) is 0.150. The fourth-order valence-corrected chi connectivity index (χ4v) is 9.09. The van der Waals surface area contributed by atoms with Crippen molar-refractivity contribution in [3.05, 3.63) is 103 Å². The number of sulfonamides is 2. The van der Waals surface area contributed by atoms with E-state index in [1.165, 1.54) is 27.9 Å². The number of aliphatic hydroxyl groups excluding tert-OH is 2. The maximum Gasteiger partial charge on any atom is 0.243 e. The van der Waals surface area contributed by atoms with Crippen molar-refractivity contribution in [1.29, 1.82) is 0 Å². The Morgan fingerprint density at radius 2 is 0.860 bits per heavy atom. The molecule has 2 atom stereocenters. The highest BCUT2D eigenvalue weighted by molar-refractivity contribution is 7.89. The zero-order valence-electron chi connectivity index (χ0n) is 32.2. The van der Waals surface area contributed by atoms with Crippen LogP contribution < -0.4 is 18.9 Å². The molecule has 0 aromatic heterocycles. The number of benzene rings is 4. The van der Waals surface area contributed by atoms with Crippen molar-refractivity contribution >= 4 is 20.0 Å². The van der Waals surface area contributed by atoms with Crippen LogP contribution in [0.15, 0.2) is 113 Å². The lowest BCUT2D eigenvalue weighted by Gasteiger charge is -2.34. The van der Waals surface area contributed by atoms with E-state index >= 15 is 0 Å². The summed E-state index contributed by atoms with van der Waals surface area (Å²) in [4.78, 5) is 4.58. The number of phenols is 1. The van der Waals surface area contributed by atoms with Gasteiger partial charge < -0.3 is 34.3 Å². The van der Waals surface area contributed by atoms with Crippen LogP contribution in [-0.4, -0.2) is 156 Å². The van der Waals surface area contributed by atoms with Gasteiger partial charge in [-0.1, -0.05) is 18.2 Å². The summed E-state index contributed by atoms with van der Waals surface area (Å²) in [6, 6.07) is 28.4. The van der Waals surface area contributed by atoms with Crippen molar-refractivity contribution in [2.75, 3.05) is 92.9 Å². The summed E-state index contributed by atoms with van der Waals surface area (Å²) in [6.45, 7) is 4.87. The second kappa shape index (κ2) is 20.8. The van der Waals surface area contributed by atoms with E-state index in [0.717, 1.165) is 5.75 Å². The number of phenolic OH excluding ortho intramolecular Hbond substituents is 1. The third kappa shape index (κ3) is 12.8. The third-order valence-corrected chi connectivity index (χ3v) is 13.3. The summed E-state index contributed by atoms with van der Waals surface area (Å²) >= 11 is 0. The minimum Gasteiger partial charge on any atom is -0.508 e. The van der Waals surface area contributed by atoms with Crippen molar-refractivity contribution < 1.29 is 51.1 Å². The smallest absolute Gasteiger partial charge is 0.243 e. The number of aromatic hydroxyl groups is 1. The molecule has 0 unspecified atom stereocenters. The Hall–Kier alpha value is -4.46. The number of hydrogen-bond acceptors (Lipinski definition) is 13. The lowest BCUT2D eigenvalue weighted by atomic mass is 10.3. The second-order valence-corrected chi connectivity index (χ2v) is 17.4. The van der Waals surface area contributed by atoms with E-state index in [1.807, 2.05) is 35.2 Å². The summed E-state index contributed by atoms with van der Waals surface area (Å²) < 4.78 is 75.3. The molecule has 3 N–H and O–H groups in total. The predicted octanol–water partition coefficient (Wildman–Crippen LogP) is 2.59. The zero-order valence-corrected chi connectivity index (χ0v) is 33.8. The molecule has 2 heterocycles. The van der Waals surface area contributed by atoms with Gasteiger partial charge in [-0.2, -0.15) is 8.61 Å². The lowest BCUT2D eigenvalue weighted by Crippen LogP contribution is -2.50. The third-order valence-electron chi connectivity index (χ3n) is 9.46. The fourth-order valence-electron chi connectivity index (χ4n) is 6.24. The van der Waals surface area contributed by atoms with Crippen molar-refractivity contribution in [2.24, 2.45) is 0 Å². The van der Waals surface area contributed by atoms with Gasteiger partial charge in [0.25, 0.3) is 0 Å². The molecule has 0 aliphatic carbocycles. The molecule has 0 bridgehead atoms. The minimum atomic E-state index is -3.55. The molecule has 0 radical (unpaired) electrons. The Labute approximate surface area is 335 Å². The lowest BCUT2D eigenvalue weighted by molar-refractivity contribution is 0.0567. The average Bonchev–Trinajstić information content (AvgIpc) is 3.24. The highest BCUT2D eigenvalue weighted by atomic mass is 32.2. The first-order valence-corrected chi connectivity index (χ1v) is 21.4. The molecule has 17 heteroatoms. The summed E-state index contributed by atoms with van der Waals surface area (Å²) in [7, 11) is -3.99. The van der Waals surface area contributed by atoms with E-state index in [4.69, 9.17) is 18.9 Å². The van der Waals surface area contributed by atoms with Crippen LogP contribution in [0.3, 0.4) is 0 Å². The van der Waals surface area contributed by atoms with E-state index in [0.29, 0.717) is 82.7 Å². The van der Waals surface area contributed by atoms with Crippen LogP contribution in [0.1, 0.15) is 0 Å². The number of aliphatic hydroxyl groups is 2. The molecule has 0 saturated carbocycles. The number of piperazine rings is 2. The van der Waals surface area contributed by atoms with Gasteiger partial charge in [0, 0.05) is 65.4 Å². The van der Waals surface area contributed by atoms with Crippen LogP contribution in [0.2, 0.25) is 0 Å². The number of hydrogen-bond donors (Lipinski definition) is 3. The first kappa shape index (κ1) is 43.7. The van der Waals surface area contributed by atoms with E-state index in [-0.39, 0.29) is 28.8 Å². The normalized spacial score (nSPS) is 17.1. The average molecular weight is 829 g/mol. The molecule has 6 rings (SSSR count). The molecular formula is C40H52N4O11S2. The van der Waals surface area contributed by atoms with Crippen molar-refractivity contribution in [2.45, 2.75) is 22.0 Å². The van der Waals surface area contributed by atoms with Crippen LogP contribution in [0.5, 0.6) is 28.7 Å². The minimum absolute atomic E-state index is 0.120. The van der Waals surface area contributed by atoms with Crippen LogP contribution >= 0.6 is 0 Å². The number of nitrogens with zero attached hydrogens (tertiary/aromatic N) is 4. The summed E-state index contributed by atoms with van der Waals surface area (Å²) in [6.07, 6.45) is -1.33. The molecule has 0 amide bonds. The van der Waals surface area contributed by atoms with Gasteiger partial charge in [-0.3, -0.25) is 9.80 Å². The van der Waals surface area contributed by atoms with Crippen molar-refractivity contribution in [3.63, 3.8) is 0 Å². The van der Waals surface area contributed by atoms with Crippen molar-refractivity contribution in [3.8, 4) is 28.7 Å².